The molecule has 29 heavy (non-hydrogen) atoms. The third-order valence-corrected chi connectivity index (χ3v) is 7.02. The van der Waals surface area contributed by atoms with E-state index in [0.29, 0.717) is 11.3 Å². The predicted octanol–water partition coefficient (Wildman–Crippen LogP) is 3.16. The molecule has 0 spiro atoms. The molecule has 6 nitrogen and oxygen atoms in total. The summed E-state index contributed by atoms with van der Waals surface area (Å²) >= 11 is 1.83. The number of thioether (sulfide) groups is 1. The van der Waals surface area contributed by atoms with Crippen molar-refractivity contribution in [1.29, 1.82) is 0 Å². The van der Waals surface area contributed by atoms with Gasteiger partial charge in [-0.1, -0.05) is 12.1 Å². The van der Waals surface area contributed by atoms with Gasteiger partial charge in [-0.05, 0) is 55.8 Å². The van der Waals surface area contributed by atoms with Crippen molar-refractivity contribution >= 4 is 33.4 Å². The van der Waals surface area contributed by atoms with Gasteiger partial charge in [0.1, 0.15) is 23.2 Å². The van der Waals surface area contributed by atoms with Gasteiger partial charge in [0.05, 0.1) is 5.75 Å². The quantitative estimate of drug-likeness (QED) is 0.661. The number of hydrogen-bond donors (Lipinski definition) is 2. The summed E-state index contributed by atoms with van der Waals surface area (Å²) in [5.74, 6) is 1.39. The van der Waals surface area contributed by atoms with Gasteiger partial charge in [0.25, 0.3) is 0 Å². The van der Waals surface area contributed by atoms with Gasteiger partial charge >= 0.3 is 0 Å². The second-order valence-corrected chi connectivity index (χ2v) is 10.2. The summed E-state index contributed by atoms with van der Waals surface area (Å²) in [6.45, 7) is 2.96. The number of carbonyl (C=O) groups excluding carboxylic acids is 1. The molecule has 2 N–H and O–H groups in total. The highest BCUT2D eigenvalue weighted by atomic mass is 32.2. The lowest BCUT2D eigenvalue weighted by Gasteiger charge is -2.26. The van der Waals surface area contributed by atoms with Crippen molar-refractivity contribution in [3.63, 3.8) is 0 Å². The second-order valence-electron chi connectivity index (χ2n) is 7.37. The molecular weight excluding hydrogens is 415 g/mol. The second kappa shape index (κ2) is 8.73. The molecule has 156 valence electrons. The summed E-state index contributed by atoms with van der Waals surface area (Å²) in [6.07, 6.45) is 0.231. The van der Waals surface area contributed by atoms with Gasteiger partial charge in [-0.2, -0.15) is 16.5 Å². The van der Waals surface area contributed by atoms with Gasteiger partial charge in [-0.3, -0.25) is 4.79 Å². The lowest BCUT2D eigenvalue weighted by atomic mass is 10.1. The van der Waals surface area contributed by atoms with Gasteiger partial charge in [0.15, 0.2) is 0 Å². The van der Waals surface area contributed by atoms with E-state index in [0.717, 1.165) is 17.3 Å². The van der Waals surface area contributed by atoms with E-state index in [1.54, 1.807) is 24.3 Å². The third-order valence-electron chi connectivity index (χ3n) is 4.27. The molecule has 1 amide bonds. The Hall–Kier alpha value is -2.10. The zero-order valence-corrected chi connectivity index (χ0v) is 17.8. The third kappa shape index (κ3) is 6.19. The molecule has 0 saturated carbocycles. The van der Waals surface area contributed by atoms with Gasteiger partial charge in [-0.25, -0.2) is 12.8 Å². The number of halogens is 1. The zero-order valence-electron chi connectivity index (χ0n) is 16.1. The van der Waals surface area contributed by atoms with Crippen molar-refractivity contribution in [2.75, 3.05) is 16.8 Å². The SMILES string of the molecule is CC(C)(NS(=O)(=O)Cc1ccc(F)cc1)C(=O)Nc1ccc(OC2CSC2)cc1. The Morgan fingerprint density at radius 2 is 1.76 bits per heavy atom. The minimum atomic E-state index is -3.81. The minimum Gasteiger partial charge on any atom is -0.489 e. The van der Waals surface area contributed by atoms with E-state index in [9.17, 15) is 17.6 Å². The largest absolute Gasteiger partial charge is 0.489 e. The molecule has 2 aromatic rings. The summed E-state index contributed by atoms with van der Waals surface area (Å²) in [5, 5.41) is 2.71. The number of hydrogen-bond acceptors (Lipinski definition) is 5. The minimum absolute atomic E-state index is 0.231. The molecule has 1 aliphatic heterocycles. The Bertz CT molecular complexity index is 957. The van der Waals surface area contributed by atoms with Crippen LogP contribution in [0.5, 0.6) is 5.75 Å². The fraction of sp³-hybridized carbons (Fsp3) is 0.350. The Labute approximate surface area is 174 Å². The maximum Gasteiger partial charge on any atom is 0.245 e. The monoisotopic (exact) mass is 438 g/mol. The van der Waals surface area contributed by atoms with Crippen LogP contribution in [0.25, 0.3) is 0 Å². The molecular formula is C20H23FN2O4S2. The van der Waals surface area contributed by atoms with Crippen LogP contribution >= 0.6 is 11.8 Å². The molecule has 1 saturated heterocycles. The van der Waals surface area contributed by atoms with E-state index in [1.807, 2.05) is 11.8 Å². The van der Waals surface area contributed by atoms with Crippen molar-refractivity contribution < 1.29 is 22.3 Å². The number of benzene rings is 2. The molecule has 0 bridgehead atoms. The van der Waals surface area contributed by atoms with Crippen LogP contribution in [0, 0.1) is 5.82 Å². The summed E-state index contributed by atoms with van der Waals surface area (Å²) < 4.78 is 46.0. The summed E-state index contributed by atoms with van der Waals surface area (Å²) in [6, 6.07) is 12.1. The fourth-order valence-corrected chi connectivity index (χ4v) is 4.79. The Balaban J connectivity index is 1.58. The molecule has 9 heteroatoms. The van der Waals surface area contributed by atoms with Crippen LogP contribution in [-0.4, -0.2) is 37.5 Å². The molecule has 2 aromatic carbocycles. The average Bonchev–Trinajstić information content (AvgIpc) is 2.60. The number of carbonyl (C=O) groups is 1. The number of rotatable bonds is 8. The number of amides is 1. The molecule has 0 radical (unpaired) electrons. The molecule has 0 aromatic heterocycles. The first-order valence-electron chi connectivity index (χ1n) is 9.05. The normalized spacial score (nSPS) is 14.9. The van der Waals surface area contributed by atoms with Crippen LogP contribution in [0.2, 0.25) is 0 Å². The topological polar surface area (TPSA) is 84.5 Å². The van der Waals surface area contributed by atoms with Crippen molar-refractivity contribution in [3.05, 3.63) is 59.9 Å². The van der Waals surface area contributed by atoms with Crippen LogP contribution < -0.4 is 14.8 Å². The van der Waals surface area contributed by atoms with E-state index in [-0.39, 0.29) is 11.9 Å². The van der Waals surface area contributed by atoms with Crippen molar-refractivity contribution in [3.8, 4) is 5.75 Å². The molecule has 3 rings (SSSR count). The van der Waals surface area contributed by atoms with Gasteiger partial charge in [0.2, 0.25) is 15.9 Å². The van der Waals surface area contributed by atoms with Crippen LogP contribution in [0.15, 0.2) is 48.5 Å². The standard InChI is InChI=1S/C20H23FN2O4S2/c1-20(2,23-29(25,26)13-14-3-5-15(21)6-4-14)19(24)22-16-7-9-17(10-8-16)27-18-11-28-12-18/h3-10,18,23H,11-13H2,1-2H3,(H,22,24). The predicted molar refractivity (Wildman–Crippen MR) is 113 cm³/mol. The van der Waals surface area contributed by atoms with E-state index < -0.39 is 27.3 Å². The first-order chi connectivity index (χ1) is 13.6. The maximum atomic E-state index is 13.0. The van der Waals surface area contributed by atoms with E-state index in [4.69, 9.17) is 4.74 Å². The van der Waals surface area contributed by atoms with Crippen molar-refractivity contribution in [1.82, 2.24) is 4.72 Å². The Morgan fingerprint density at radius 1 is 1.14 bits per heavy atom. The summed E-state index contributed by atoms with van der Waals surface area (Å²) in [4.78, 5) is 12.6. The van der Waals surface area contributed by atoms with Crippen LogP contribution in [0.4, 0.5) is 10.1 Å². The van der Waals surface area contributed by atoms with E-state index >= 15 is 0 Å². The maximum absolute atomic E-state index is 13.0. The first kappa shape index (κ1) is 21.6. The number of ether oxygens (including phenoxy) is 1. The summed E-state index contributed by atoms with van der Waals surface area (Å²) in [7, 11) is -3.81. The van der Waals surface area contributed by atoms with Crippen molar-refractivity contribution in [2.45, 2.75) is 31.2 Å². The molecule has 0 aliphatic carbocycles. The zero-order chi connectivity index (χ0) is 21.1. The van der Waals surface area contributed by atoms with E-state index in [2.05, 4.69) is 10.0 Å². The molecule has 1 fully saturated rings. The first-order valence-corrected chi connectivity index (χ1v) is 11.9. The van der Waals surface area contributed by atoms with Crippen LogP contribution in [0.3, 0.4) is 0 Å². The van der Waals surface area contributed by atoms with Gasteiger partial charge in [-0.15, -0.1) is 0 Å². The number of nitrogens with one attached hydrogen (secondary N) is 2. The molecule has 1 aliphatic rings. The molecule has 0 unspecified atom stereocenters. The lowest BCUT2D eigenvalue weighted by Crippen LogP contribution is -2.52. The van der Waals surface area contributed by atoms with Crippen LogP contribution in [0.1, 0.15) is 19.4 Å². The highest BCUT2D eigenvalue weighted by Crippen LogP contribution is 2.25. The highest BCUT2D eigenvalue weighted by molar-refractivity contribution is 8.00. The average molecular weight is 439 g/mol. The highest BCUT2D eigenvalue weighted by Gasteiger charge is 2.32. The smallest absolute Gasteiger partial charge is 0.245 e. The molecule has 0 atom stereocenters. The fourth-order valence-electron chi connectivity index (χ4n) is 2.65. The number of anilines is 1. The number of sulfonamides is 1. The molecule has 1 heterocycles. The van der Waals surface area contributed by atoms with Gasteiger partial charge < -0.3 is 10.1 Å². The Morgan fingerprint density at radius 3 is 2.31 bits per heavy atom. The van der Waals surface area contributed by atoms with E-state index in [1.165, 1.54) is 38.1 Å². The Kier molecular flexibility index (Phi) is 6.50. The van der Waals surface area contributed by atoms with Crippen molar-refractivity contribution in [2.24, 2.45) is 0 Å². The van der Waals surface area contributed by atoms with Gasteiger partial charge in [0, 0.05) is 17.2 Å². The lowest BCUT2D eigenvalue weighted by molar-refractivity contribution is -0.120. The summed E-state index contributed by atoms with van der Waals surface area (Å²) in [5.41, 5.74) is -0.413. The van der Waals surface area contributed by atoms with Crippen LogP contribution in [-0.2, 0) is 20.6 Å².